The van der Waals surface area contributed by atoms with E-state index in [2.05, 4.69) is 47.6 Å². The number of hydrogen-bond donors (Lipinski definition) is 1. The smallest absolute Gasteiger partial charge is 0.226 e. The highest BCUT2D eigenvalue weighted by molar-refractivity contribution is 8.00. The van der Waals surface area contributed by atoms with Crippen LogP contribution in [0.5, 0.6) is 0 Å². The third-order valence-corrected chi connectivity index (χ3v) is 5.01. The molecule has 1 aromatic carbocycles. The Hall–Kier alpha value is -1.40. The van der Waals surface area contributed by atoms with E-state index in [1.165, 1.54) is 28.0 Å². The van der Waals surface area contributed by atoms with E-state index in [0.717, 1.165) is 16.5 Å². The molecule has 4 nitrogen and oxygen atoms in total. The number of nitrogens with one attached hydrogen (secondary N) is 1. The molecule has 112 valence electrons. The number of anilines is 1. The van der Waals surface area contributed by atoms with Crippen LogP contribution in [0, 0.1) is 13.8 Å². The Kier molecular flexibility index (Phi) is 5.76. The van der Waals surface area contributed by atoms with E-state index in [1.807, 2.05) is 6.92 Å². The quantitative estimate of drug-likeness (QED) is 0.640. The molecule has 0 bridgehead atoms. The number of amides is 1. The van der Waals surface area contributed by atoms with E-state index in [9.17, 15) is 4.79 Å². The standard InChI is InChI=1S/C15H19N3OS2/c1-4-5-13(19)16-14-17-18-15(21-14)20-9-12-8-10(2)6-7-11(12)3/h6-8H,4-5,9H2,1-3H3,(H,16,17,19). The molecule has 21 heavy (non-hydrogen) atoms. The van der Waals surface area contributed by atoms with Crippen LogP contribution in [-0.4, -0.2) is 16.1 Å². The Morgan fingerprint density at radius 3 is 2.90 bits per heavy atom. The molecule has 0 aliphatic rings. The molecule has 0 radical (unpaired) electrons. The first kappa shape index (κ1) is 16.0. The van der Waals surface area contributed by atoms with Crippen LogP contribution in [-0.2, 0) is 10.5 Å². The Labute approximate surface area is 133 Å². The van der Waals surface area contributed by atoms with Crippen LogP contribution >= 0.6 is 23.1 Å². The lowest BCUT2D eigenvalue weighted by Crippen LogP contribution is -2.10. The maximum atomic E-state index is 11.5. The van der Waals surface area contributed by atoms with Gasteiger partial charge >= 0.3 is 0 Å². The maximum absolute atomic E-state index is 11.5. The van der Waals surface area contributed by atoms with Crippen LogP contribution in [0.1, 0.15) is 36.5 Å². The van der Waals surface area contributed by atoms with Crippen molar-refractivity contribution in [1.82, 2.24) is 10.2 Å². The van der Waals surface area contributed by atoms with Crippen molar-refractivity contribution in [3.05, 3.63) is 34.9 Å². The van der Waals surface area contributed by atoms with E-state index in [-0.39, 0.29) is 5.91 Å². The Balaban J connectivity index is 1.93. The summed E-state index contributed by atoms with van der Waals surface area (Å²) in [5.74, 6) is 0.866. The first-order chi connectivity index (χ1) is 10.1. The monoisotopic (exact) mass is 321 g/mol. The van der Waals surface area contributed by atoms with Crippen LogP contribution in [0.2, 0.25) is 0 Å². The SMILES string of the molecule is CCCC(=O)Nc1nnc(SCc2cc(C)ccc2C)s1. The molecule has 2 rings (SSSR count). The second kappa shape index (κ2) is 7.56. The highest BCUT2D eigenvalue weighted by Gasteiger charge is 2.09. The minimum absolute atomic E-state index is 0.000251. The summed E-state index contributed by atoms with van der Waals surface area (Å²) in [5, 5.41) is 11.5. The van der Waals surface area contributed by atoms with Crippen LogP contribution in [0.4, 0.5) is 5.13 Å². The Morgan fingerprint density at radius 1 is 1.33 bits per heavy atom. The number of aromatic nitrogens is 2. The molecule has 0 aliphatic heterocycles. The van der Waals surface area contributed by atoms with E-state index < -0.39 is 0 Å². The topological polar surface area (TPSA) is 54.9 Å². The zero-order chi connectivity index (χ0) is 15.2. The highest BCUT2D eigenvalue weighted by Crippen LogP contribution is 2.29. The first-order valence-corrected chi connectivity index (χ1v) is 8.71. The van der Waals surface area contributed by atoms with Gasteiger partial charge in [-0.05, 0) is 31.4 Å². The zero-order valence-corrected chi connectivity index (χ0v) is 14.1. The lowest BCUT2D eigenvalue weighted by Gasteiger charge is -2.05. The number of thioether (sulfide) groups is 1. The number of nitrogens with zero attached hydrogens (tertiary/aromatic N) is 2. The lowest BCUT2D eigenvalue weighted by molar-refractivity contribution is -0.116. The van der Waals surface area contributed by atoms with Gasteiger partial charge in [0.1, 0.15) is 0 Å². The maximum Gasteiger partial charge on any atom is 0.226 e. The second-order valence-electron chi connectivity index (χ2n) is 4.89. The van der Waals surface area contributed by atoms with Crippen molar-refractivity contribution in [2.45, 2.75) is 43.7 Å². The molecule has 0 fully saturated rings. The van der Waals surface area contributed by atoms with E-state index in [4.69, 9.17) is 0 Å². The Bertz CT molecular complexity index is 625. The third-order valence-electron chi connectivity index (χ3n) is 2.99. The molecule has 0 saturated carbocycles. The van der Waals surface area contributed by atoms with Crippen molar-refractivity contribution in [3.8, 4) is 0 Å². The van der Waals surface area contributed by atoms with Crippen molar-refractivity contribution < 1.29 is 4.79 Å². The minimum atomic E-state index is -0.000251. The molecule has 1 amide bonds. The van der Waals surface area contributed by atoms with Crippen molar-refractivity contribution >= 4 is 34.1 Å². The van der Waals surface area contributed by atoms with Gasteiger partial charge in [0.25, 0.3) is 0 Å². The average Bonchev–Trinajstić information content (AvgIpc) is 2.87. The summed E-state index contributed by atoms with van der Waals surface area (Å²) in [5.41, 5.74) is 3.86. The molecule has 0 aliphatic carbocycles. The van der Waals surface area contributed by atoms with Gasteiger partial charge in [0, 0.05) is 12.2 Å². The van der Waals surface area contributed by atoms with E-state index in [1.54, 1.807) is 11.8 Å². The number of carbonyl (C=O) groups excluding carboxylic acids is 1. The number of hydrogen-bond acceptors (Lipinski definition) is 5. The predicted molar refractivity (Wildman–Crippen MR) is 88.9 cm³/mol. The summed E-state index contributed by atoms with van der Waals surface area (Å²) in [4.78, 5) is 11.5. The van der Waals surface area contributed by atoms with Crippen LogP contribution in [0.25, 0.3) is 0 Å². The van der Waals surface area contributed by atoms with E-state index >= 15 is 0 Å². The number of benzene rings is 1. The highest BCUT2D eigenvalue weighted by atomic mass is 32.2. The minimum Gasteiger partial charge on any atom is -0.301 e. The van der Waals surface area contributed by atoms with Gasteiger partial charge in [0.05, 0.1) is 0 Å². The number of rotatable bonds is 6. The summed E-state index contributed by atoms with van der Waals surface area (Å²) >= 11 is 3.08. The largest absolute Gasteiger partial charge is 0.301 e. The summed E-state index contributed by atoms with van der Waals surface area (Å²) in [6, 6.07) is 6.46. The van der Waals surface area contributed by atoms with Crippen LogP contribution in [0.3, 0.4) is 0 Å². The summed E-state index contributed by atoms with van der Waals surface area (Å²) in [6.07, 6.45) is 1.35. The zero-order valence-electron chi connectivity index (χ0n) is 12.5. The molecule has 2 aromatic rings. The van der Waals surface area contributed by atoms with Crippen LogP contribution in [0.15, 0.2) is 22.5 Å². The van der Waals surface area contributed by atoms with Gasteiger partial charge in [-0.1, -0.05) is 53.8 Å². The summed E-state index contributed by atoms with van der Waals surface area (Å²) < 4.78 is 0.878. The average molecular weight is 321 g/mol. The number of aryl methyl sites for hydroxylation is 2. The van der Waals surface area contributed by atoms with Gasteiger partial charge in [-0.25, -0.2) is 0 Å². The summed E-state index contributed by atoms with van der Waals surface area (Å²) in [7, 11) is 0. The third kappa shape index (κ3) is 4.82. The second-order valence-corrected chi connectivity index (χ2v) is 7.09. The first-order valence-electron chi connectivity index (χ1n) is 6.90. The fourth-order valence-corrected chi connectivity index (χ4v) is 3.65. The van der Waals surface area contributed by atoms with Crippen molar-refractivity contribution in [1.29, 1.82) is 0 Å². The Morgan fingerprint density at radius 2 is 2.14 bits per heavy atom. The normalized spacial score (nSPS) is 10.6. The van der Waals surface area contributed by atoms with Crippen molar-refractivity contribution in [3.63, 3.8) is 0 Å². The molecule has 1 aromatic heterocycles. The molecule has 0 saturated heterocycles. The molecule has 0 atom stereocenters. The van der Waals surface area contributed by atoms with Crippen molar-refractivity contribution in [2.24, 2.45) is 0 Å². The van der Waals surface area contributed by atoms with Gasteiger partial charge in [-0.2, -0.15) is 0 Å². The molecule has 0 unspecified atom stereocenters. The molecule has 0 spiro atoms. The predicted octanol–water partition coefficient (Wildman–Crippen LogP) is 4.19. The molecular weight excluding hydrogens is 302 g/mol. The van der Waals surface area contributed by atoms with Gasteiger partial charge in [0.15, 0.2) is 4.34 Å². The van der Waals surface area contributed by atoms with Crippen LogP contribution < -0.4 is 5.32 Å². The van der Waals surface area contributed by atoms with Gasteiger partial charge in [-0.15, -0.1) is 10.2 Å². The van der Waals surface area contributed by atoms with Gasteiger partial charge in [0.2, 0.25) is 11.0 Å². The summed E-state index contributed by atoms with van der Waals surface area (Å²) in [6.45, 7) is 6.19. The fraction of sp³-hybridized carbons (Fsp3) is 0.400. The molecule has 1 heterocycles. The lowest BCUT2D eigenvalue weighted by atomic mass is 10.1. The molecular formula is C15H19N3OS2. The van der Waals surface area contributed by atoms with E-state index in [0.29, 0.717) is 11.6 Å². The van der Waals surface area contributed by atoms with Gasteiger partial charge < -0.3 is 5.32 Å². The van der Waals surface area contributed by atoms with Crippen molar-refractivity contribution in [2.75, 3.05) is 5.32 Å². The fourth-order valence-electron chi connectivity index (χ4n) is 1.82. The number of carbonyl (C=O) groups is 1. The molecule has 1 N–H and O–H groups in total. The molecule has 6 heteroatoms. The van der Waals surface area contributed by atoms with Gasteiger partial charge in [-0.3, -0.25) is 4.79 Å².